The number of hydrogen-bond acceptors (Lipinski definition) is 4. The molecule has 0 spiro atoms. The third-order valence-electron chi connectivity index (χ3n) is 4.39. The van der Waals surface area contributed by atoms with E-state index in [2.05, 4.69) is 17.2 Å². The molecule has 29 heavy (non-hydrogen) atoms. The molecule has 0 radical (unpaired) electrons. The summed E-state index contributed by atoms with van der Waals surface area (Å²) in [5.41, 5.74) is 3.47. The summed E-state index contributed by atoms with van der Waals surface area (Å²) in [6, 6.07) is 20.6. The van der Waals surface area contributed by atoms with E-state index in [4.69, 9.17) is 16.6 Å². The van der Waals surface area contributed by atoms with Crippen molar-refractivity contribution in [2.75, 3.05) is 5.32 Å². The minimum absolute atomic E-state index is 0.188. The maximum absolute atomic E-state index is 12.5. The van der Waals surface area contributed by atoms with E-state index in [1.165, 1.54) is 0 Å². The highest BCUT2D eigenvalue weighted by Crippen LogP contribution is 2.38. The zero-order chi connectivity index (χ0) is 20.2. The number of amides is 1. The number of pyridine rings is 1. The van der Waals surface area contributed by atoms with Gasteiger partial charge >= 0.3 is 0 Å². The molecule has 2 aromatic heterocycles. The summed E-state index contributed by atoms with van der Waals surface area (Å²) >= 11 is 7.69. The van der Waals surface area contributed by atoms with Gasteiger partial charge in [-0.25, -0.2) is 9.97 Å². The Balaban J connectivity index is 1.69. The van der Waals surface area contributed by atoms with Gasteiger partial charge in [-0.1, -0.05) is 48.9 Å². The lowest BCUT2D eigenvalue weighted by Crippen LogP contribution is -2.12. The monoisotopic (exact) mass is 419 g/mol. The second-order valence-corrected chi connectivity index (χ2v) is 7.92. The zero-order valence-corrected chi connectivity index (χ0v) is 17.3. The Hall–Kier alpha value is -3.02. The first-order valence-electron chi connectivity index (χ1n) is 9.22. The topological polar surface area (TPSA) is 54.9 Å². The van der Waals surface area contributed by atoms with E-state index in [1.54, 1.807) is 29.7 Å². The van der Waals surface area contributed by atoms with Crippen molar-refractivity contribution in [2.45, 2.75) is 13.3 Å². The molecule has 0 aliphatic carbocycles. The zero-order valence-electron chi connectivity index (χ0n) is 15.7. The predicted molar refractivity (Wildman–Crippen MR) is 120 cm³/mol. The van der Waals surface area contributed by atoms with E-state index >= 15 is 0 Å². The average molecular weight is 420 g/mol. The van der Waals surface area contributed by atoms with Crippen LogP contribution in [0.4, 0.5) is 5.82 Å². The van der Waals surface area contributed by atoms with Crippen molar-refractivity contribution in [3.8, 4) is 21.7 Å². The molecule has 1 N–H and O–H groups in total. The van der Waals surface area contributed by atoms with E-state index in [-0.39, 0.29) is 5.91 Å². The Kier molecular flexibility index (Phi) is 5.69. The molecular formula is C23H18ClN3OS. The maximum atomic E-state index is 12.5. The van der Waals surface area contributed by atoms with Crippen molar-refractivity contribution in [1.29, 1.82) is 0 Å². The first kappa shape index (κ1) is 19.3. The molecule has 144 valence electrons. The molecule has 0 fully saturated rings. The van der Waals surface area contributed by atoms with Gasteiger partial charge in [0.15, 0.2) is 0 Å². The quantitative estimate of drug-likeness (QED) is 0.410. The number of carbonyl (C=O) groups excluding carboxylic acids is 1. The lowest BCUT2D eigenvalue weighted by molar-refractivity contribution is 0.102. The van der Waals surface area contributed by atoms with Crippen LogP contribution < -0.4 is 5.32 Å². The first-order valence-corrected chi connectivity index (χ1v) is 10.4. The van der Waals surface area contributed by atoms with Gasteiger partial charge in [0, 0.05) is 22.3 Å². The summed E-state index contributed by atoms with van der Waals surface area (Å²) < 4.78 is 0. The second kappa shape index (κ2) is 8.55. The van der Waals surface area contributed by atoms with Crippen LogP contribution in [0.2, 0.25) is 5.02 Å². The largest absolute Gasteiger partial charge is 0.307 e. The molecule has 4 aromatic rings. The molecule has 6 heteroatoms. The van der Waals surface area contributed by atoms with E-state index in [0.29, 0.717) is 16.4 Å². The molecular weight excluding hydrogens is 402 g/mol. The van der Waals surface area contributed by atoms with E-state index in [0.717, 1.165) is 33.1 Å². The molecule has 4 rings (SSSR count). The Morgan fingerprint density at radius 2 is 1.79 bits per heavy atom. The number of carbonyl (C=O) groups is 1. The number of thiazole rings is 1. The highest BCUT2D eigenvalue weighted by atomic mass is 35.5. The summed E-state index contributed by atoms with van der Waals surface area (Å²) in [6.45, 7) is 2.09. The number of nitrogens with zero attached hydrogens (tertiary/aromatic N) is 2. The number of aromatic nitrogens is 2. The highest BCUT2D eigenvalue weighted by Gasteiger charge is 2.16. The Labute approximate surface area is 178 Å². The van der Waals surface area contributed by atoms with Gasteiger partial charge in [-0.2, -0.15) is 0 Å². The summed E-state index contributed by atoms with van der Waals surface area (Å²) in [4.78, 5) is 22.6. The van der Waals surface area contributed by atoms with Crippen LogP contribution in [0.3, 0.4) is 0 Å². The molecule has 0 atom stereocenters. The summed E-state index contributed by atoms with van der Waals surface area (Å²) in [5, 5.41) is 4.62. The number of nitrogens with one attached hydrogen (secondary N) is 1. The Bertz CT molecular complexity index is 1140. The number of halogens is 1. The molecule has 0 aliphatic rings. The standard InChI is InChI=1S/C23H18ClN3OS/c1-2-20-27-21(15-8-10-18(24)11-9-15)22(29-20)17-12-13-25-19(14-17)26-23(28)16-6-4-3-5-7-16/h3-14H,2H2,1H3,(H,25,26,28). The number of benzene rings is 2. The fourth-order valence-corrected chi connectivity index (χ4v) is 4.08. The van der Waals surface area contributed by atoms with Gasteiger partial charge in [-0.3, -0.25) is 4.79 Å². The van der Waals surface area contributed by atoms with Crippen molar-refractivity contribution >= 4 is 34.7 Å². The number of rotatable bonds is 5. The molecule has 0 bridgehead atoms. The smallest absolute Gasteiger partial charge is 0.256 e. The molecule has 0 aliphatic heterocycles. The van der Waals surface area contributed by atoms with Crippen LogP contribution in [0.15, 0.2) is 72.9 Å². The number of anilines is 1. The fraction of sp³-hybridized carbons (Fsp3) is 0.0870. The third kappa shape index (κ3) is 4.36. The SMILES string of the molecule is CCc1nc(-c2ccc(Cl)cc2)c(-c2ccnc(NC(=O)c3ccccc3)c2)s1. The molecule has 2 heterocycles. The second-order valence-electron chi connectivity index (χ2n) is 6.40. The summed E-state index contributed by atoms with van der Waals surface area (Å²) in [7, 11) is 0. The van der Waals surface area contributed by atoms with Crippen LogP contribution in [0.1, 0.15) is 22.3 Å². The van der Waals surface area contributed by atoms with E-state index in [1.807, 2.05) is 54.6 Å². The van der Waals surface area contributed by atoms with Crippen molar-refractivity contribution in [2.24, 2.45) is 0 Å². The first-order chi connectivity index (χ1) is 14.1. The van der Waals surface area contributed by atoms with Gasteiger partial charge in [-0.05, 0) is 48.4 Å². The third-order valence-corrected chi connectivity index (χ3v) is 5.89. The van der Waals surface area contributed by atoms with Crippen LogP contribution in [0, 0.1) is 0 Å². The highest BCUT2D eigenvalue weighted by molar-refractivity contribution is 7.15. The molecule has 1 amide bonds. The minimum Gasteiger partial charge on any atom is -0.307 e. The predicted octanol–water partition coefficient (Wildman–Crippen LogP) is 6.34. The molecule has 4 nitrogen and oxygen atoms in total. The van der Waals surface area contributed by atoms with Crippen LogP contribution in [0.25, 0.3) is 21.7 Å². The van der Waals surface area contributed by atoms with E-state index < -0.39 is 0 Å². The van der Waals surface area contributed by atoms with Crippen molar-refractivity contribution < 1.29 is 4.79 Å². The fourth-order valence-electron chi connectivity index (χ4n) is 2.93. The van der Waals surface area contributed by atoms with E-state index in [9.17, 15) is 4.79 Å². The van der Waals surface area contributed by atoms with Crippen LogP contribution in [-0.4, -0.2) is 15.9 Å². The van der Waals surface area contributed by atoms with Crippen LogP contribution in [-0.2, 0) is 6.42 Å². The molecule has 2 aromatic carbocycles. The normalized spacial score (nSPS) is 10.7. The Morgan fingerprint density at radius 1 is 1.03 bits per heavy atom. The van der Waals surface area contributed by atoms with Gasteiger partial charge in [0.25, 0.3) is 5.91 Å². The minimum atomic E-state index is -0.188. The van der Waals surface area contributed by atoms with Crippen molar-refractivity contribution in [3.63, 3.8) is 0 Å². The summed E-state index contributed by atoms with van der Waals surface area (Å²) in [6.07, 6.45) is 2.56. The number of aryl methyl sites for hydroxylation is 1. The van der Waals surface area contributed by atoms with Crippen molar-refractivity contribution in [1.82, 2.24) is 9.97 Å². The van der Waals surface area contributed by atoms with Crippen LogP contribution in [0.5, 0.6) is 0 Å². The summed E-state index contributed by atoms with van der Waals surface area (Å²) in [5.74, 6) is 0.316. The van der Waals surface area contributed by atoms with Gasteiger partial charge in [0.2, 0.25) is 0 Å². The van der Waals surface area contributed by atoms with Gasteiger partial charge in [-0.15, -0.1) is 11.3 Å². The maximum Gasteiger partial charge on any atom is 0.256 e. The van der Waals surface area contributed by atoms with Crippen LogP contribution >= 0.6 is 22.9 Å². The van der Waals surface area contributed by atoms with Gasteiger partial charge in [0.05, 0.1) is 15.6 Å². The molecule has 0 unspecified atom stereocenters. The average Bonchev–Trinajstić information content (AvgIpc) is 3.20. The number of hydrogen-bond donors (Lipinski definition) is 1. The molecule has 0 saturated carbocycles. The van der Waals surface area contributed by atoms with Gasteiger partial charge in [0.1, 0.15) is 5.82 Å². The van der Waals surface area contributed by atoms with Gasteiger partial charge < -0.3 is 5.32 Å². The van der Waals surface area contributed by atoms with Crippen molar-refractivity contribution in [3.05, 3.63) is 88.5 Å². The Morgan fingerprint density at radius 3 is 2.52 bits per heavy atom. The lowest BCUT2D eigenvalue weighted by atomic mass is 10.1. The molecule has 0 saturated heterocycles. The lowest BCUT2D eigenvalue weighted by Gasteiger charge is -2.07.